The molecule has 0 spiro atoms. The second-order valence-electron chi connectivity index (χ2n) is 9.36. The van der Waals surface area contributed by atoms with Crippen molar-refractivity contribution in [1.82, 2.24) is 9.55 Å². The standard InChI is InChI=1S/C29H26ClN5O5/c30-22-17-35(28(38)32-27(22)37)25-16-23(33-34-31)26(36)24(40-25)18-39-29(19-10-4-1-5-11-19,20-12-6-2-7-13-20)21-14-8-3-9-15-21/h1-15,17,23-26,36H,16,18H2,(H,32,37,38)/t23-,24-,25-,26+/m1/s1. The maximum atomic E-state index is 12.6. The van der Waals surface area contributed by atoms with Crippen molar-refractivity contribution in [3.8, 4) is 0 Å². The van der Waals surface area contributed by atoms with E-state index in [0.29, 0.717) is 0 Å². The van der Waals surface area contributed by atoms with E-state index < -0.39 is 41.3 Å². The summed E-state index contributed by atoms with van der Waals surface area (Å²) in [6, 6.07) is 28.1. The number of benzene rings is 3. The third kappa shape index (κ3) is 5.31. The minimum atomic E-state index is -1.24. The molecule has 1 aliphatic rings. The molecule has 2 heterocycles. The topological polar surface area (TPSA) is 142 Å². The van der Waals surface area contributed by atoms with Crippen LogP contribution in [-0.2, 0) is 15.1 Å². The molecule has 0 saturated carbocycles. The highest BCUT2D eigenvalue weighted by atomic mass is 35.5. The average molecular weight is 560 g/mol. The number of aromatic amines is 1. The summed E-state index contributed by atoms with van der Waals surface area (Å²) in [5.74, 6) is 0. The van der Waals surface area contributed by atoms with Crippen LogP contribution in [0.4, 0.5) is 0 Å². The number of halogens is 1. The van der Waals surface area contributed by atoms with Gasteiger partial charge in [0.05, 0.1) is 18.8 Å². The van der Waals surface area contributed by atoms with E-state index in [-0.39, 0.29) is 18.1 Å². The lowest BCUT2D eigenvalue weighted by Gasteiger charge is -2.41. The van der Waals surface area contributed by atoms with Gasteiger partial charge in [0.2, 0.25) is 0 Å². The molecule has 1 aromatic heterocycles. The van der Waals surface area contributed by atoms with Crippen LogP contribution in [-0.4, -0.2) is 39.5 Å². The predicted octanol–water partition coefficient (Wildman–Crippen LogP) is 4.53. The quantitative estimate of drug-likeness (QED) is 0.141. The number of nitrogens with one attached hydrogen (secondary N) is 1. The van der Waals surface area contributed by atoms with E-state index in [2.05, 4.69) is 15.0 Å². The van der Waals surface area contributed by atoms with Crippen molar-refractivity contribution in [2.24, 2.45) is 5.11 Å². The van der Waals surface area contributed by atoms with Crippen LogP contribution >= 0.6 is 11.6 Å². The number of hydrogen-bond donors (Lipinski definition) is 2. The Hall–Kier alpha value is -4.18. The van der Waals surface area contributed by atoms with Gasteiger partial charge in [-0.3, -0.25) is 14.3 Å². The van der Waals surface area contributed by atoms with Gasteiger partial charge in [0, 0.05) is 17.5 Å². The Bertz CT molecular complexity index is 1510. The van der Waals surface area contributed by atoms with Crippen molar-refractivity contribution in [1.29, 1.82) is 0 Å². The van der Waals surface area contributed by atoms with Gasteiger partial charge in [-0.2, -0.15) is 0 Å². The molecule has 4 aromatic rings. The number of ether oxygens (including phenoxy) is 2. The van der Waals surface area contributed by atoms with Crippen molar-refractivity contribution >= 4 is 11.6 Å². The lowest BCUT2D eigenvalue weighted by Crippen LogP contribution is -2.51. The van der Waals surface area contributed by atoms with Crippen LogP contribution in [0.2, 0.25) is 5.02 Å². The van der Waals surface area contributed by atoms with Gasteiger partial charge in [-0.25, -0.2) is 4.79 Å². The highest BCUT2D eigenvalue weighted by Gasteiger charge is 2.43. The monoisotopic (exact) mass is 559 g/mol. The van der Waals surface area contributed by atoms with Gasteiger partial charge in [0.1, 0.15) is 23.0 Å². The van der Waals surface area contributed by atoms with Crippen LogP contribution in [0.1, 0.15) is 29.3 Å². The fourth-order valence-electron chi connectivity index (χ4n) is 5.08. The lowest BCUT2D eigenvalue weighted by molar-refractivity contribution is -0.185. The molecule has 3 aromatic carbocycles. The summed E-state index contributed by atoms with van der Waals surface area (Å²) in [6.07, 6.45) is -2.10. The number of azide groups is 1. The van der Waals surface area contributed by atoms with Gasteiger partial charge in [0.25, 0.3) is 5.56 Å². The molecular formula is C29H26ClN5O5. The number of hydrogen-bond acceptors (Lipinski definition) is 6. The second-order valence-corrected chi connectivity index (χ2v) is 9.77. The Labute approximate surface area is 234 Å². The van der Waals surface area contributed by atoms with Crippen LogP contribution in [0.3, 0.4) is 0 Å². The fraction of sp³-hybridized carbons (Fsp3) is 0.241. The minimum absolute atomic E-state index is 0.0226. The third-order valence-corrected chi connectivity index (χ3v) is 7.26. The first-order valence-corrected chi connectivity index (χ1v) is 13.0. The molecule has 1 fully saturated rings. The molecule has 10 nitrogen and oxygen atoms in total. The van der Waals surface area contributed by atoms with E-state index in [4.69, 9.17) is 26.6 Å². The van der Waals surface area contributed by atoms with Gasteiger partial charge in [-0.05, 0) is 22.2 Å². The van der Waals surface area contributed by atoms with Gasteiger partial charge in [-0.1, -0.05) is 108 Å². The molecular weight excluding hydrogens is 534 g/mol. The van der Waals surface area contributed by atoms with Gasteiger partial charge < -0.3 is 14.6 Å². The summed E-state index contributed by atoms with van der Waals surface area (Å²) in [4.78, 5) is 29.4. The van der Waals surface area contributed by atoms with Crippen LogP contribution < -0.4 is 11.2 Å². The Morgan fingerprint density at radius 3 is 2.02 bits per heavy atom. The summed E-state index contributed by atoms with van der Waals surface area (Å²) >= 11 is 5.98. The predicted molar refractivity (Wildman–Crippen MR) is 149 cm³/mol. The second kappa shape index (κ2) is 11.9. The van der Waals surface area contributed by atoms with Crippen molar-refractivity contribution in [2.45, 2.75) is 36.5 Å². The molecule has 40 heavy (non-hydrogen) atoms. The van der Waals surface area contributed by atoms with Crippen LogP contribution in [0, 0.1) is 0 Å². The number of aliphatic hydroxyl groups is 1. The zero-order chi connectivity index (χ0) is 28.1. The number of H-pyrrole nitrogens is 1. The zero-order valence-corrected chi connectivity index (χ0v) is 22.0. The van der Waals surface area contributed by atoms with E-state index in [1.54, 1.807) is 0 Å². The highest BCUT2D eigenvalue weighted by Crippen LogP contribution is 2.41. The van der Waals surface area contributed by atoms with Crippen molar-refractivity contribution in [3.63, 3.8) is 0 Å². The summed E-state index contributed by atoms with van der Waals surface area (Å²) < 4.78 is 14.1. The molecule has 4 atom stereocenters. The summed E-state index contributed by atoms with van der Waals surface area (Å²) in [7, 11) is 0. The summed E-state index contributed by atoms with van der Waals surface area (Å²) in [6.45, 7) is -0.139. The third-order valence-electron chi connectivity index (χ3n) is 6.99. The Kier molecular flexibility index (Phi) is 8.16. The molecule has 0 radical (unpaired) electrons. The first-order valence-electron chi connectivity index (χ1n) is 12.6. The van der Waals surface area contributed by atoms with Crippen LogP contribution in [0.25, 0.3) is 10.4 Å². The highest BCUT2D eigenvalue weighted by molar-refractivity contribution is 6.30. The summed E-state index contributed by atoms with van der Waals surface area (Å²) in [5.41, 5.74) is 9.14. The largest absolute Gasteiger partial charge is 0.390 e. The van der Waals surface area contributed by atoms with Crippen molar-refractivity contribution in [2.75, 3.05) is 6.61 Å². The molecule has 5 rings (SSSR count). The smallest absolute Gasteiger partial charge is 0.330 e. The number of aromatic nitrogens is 2. The fourth-order valence-corrected chi connectivity index (χ4v) is 5.23. The summed E-state index contributed by atoms with van der Waals surface area (Å²) in [5, 5.41) is 14.7. The Morgan fingerprint density at radius 2 is 1.52 bits per heavy atom. The molecule has 11 heteroatoms. The van der Waals surface area contributed by atoms with Crippen molar-refractivity contribution in [3.05, 3.63) is 150 Å². The number of rotatable bonds is 8. The zero-order valence-electron chi connectivity index (χ0n) is 21.2. The molecule has 0 bridgehead atoms. The van der Waals surface area contributed by atoms with Crippen molar-refractivity contribution < 1.29 is 14.6 Å². The van der Waals surface area contributed by atoms with Gasteiger partial charge >= 0.3 is 5.69 Å². The minimum Gasteiger partial charge on any atom is -0.390 e. The molecule has 1 aliphatic heterocycles. The molecule has 0 amide bonds. The first kappa shape index (κ1) is 27.4. The first-order chi connectivity index (χ1) is 19.4. The Morgan fingerprint density at radius 1 is 1.00 bits per heavy atom. The molecule has 0 unspecified atom stereocenters. The molecule has 2 N–H and O–H groups in total. The SMILES string of the molecule is [N-]=[N+]=N[C@@H]1C[C@H](n2cc(Cl)c(=O)[nH]c2=O)O[C@H](COC(c2ccccc2)(c2ccccc2)c2ccccc2)[C@H]1O. The maximum Gasteiger partial charge on any atom is 0.330 e. The van der Waals surface area contributed by atoms with Crippen LogP contribution in [0.15, 0.2) is 112 Å². The van der Waals surface area contributed by atoms with E-state index in [1.165, 1.54) is 6.20 Å². The Balaban J connectivity index is 1.57. The van der Waals surface area contributed by atoms with E-state index in [1.807, 2.05) is 91.0 Å². The maximum absolute atomic E-state index is 12.6. The number of aliphatic hydroxyl groups excluding tert-OH is 1. The van der Waals surface area contributed by atoms with Gasteiger partial charge in [-0.15, -0.1) is 0 Å². The molecule has 0 aliphatic carbocycles. The number of nitrogens with zero attached hydrogens (tertiary/aromatic N) is 4. The van der Waals surface area contributed by atoms with E-state index >= 15 is 0 Å². The lowest BCUT2D eigenvalue weighted by atomic mass is 9.80. The van der Waals surface area contributed by atoms with E-state index in [0.717, 1.165) is 21.3 Å². The molecule has 204 valence electrons. The normalized spacial score (nSPS) is 20.9. The van der Waals surface area contributed by atoms with Crippen LogP contribution in [0.5, 0.6) is 0 Å². The average Bonchev–Trinajstić information content (AvgIpc) is 2.99. The van der Waals surface area contributed by atoms with Gasteiger partial charge in [0.15, 0.2) is 0 Å². The van der Waals surface area contributed by atoms with E-state index in [9.17, 15) is 14.7 Å². The molecule has 1 saturated heterocycles.